The second-order valence-corrected chi connectivity index (χ2v) is 6.63. The molecule has 0 amide bonds. The molecule has 0 radical (unpaired) electrons. The number of thioether (sulfide) groups is 1. The zero-order chi connectivity index (χ0) is 15.8. The van der Waals surface area contributed by atoms with Gasteiger partial charge in [-0.15, -0.1) is 10.2 Å². The van der Waals surface area contributed by atoms with E-state index in [2.05, 4.69) is 15.6 Å². The Morgan fingerprint density at radius 3 is 2.52 bits per heavy atom. The van der Waals surface area contributed by atoms with Crippen LogP contribution in [0.3, 0.4) is 0 Å². The Morgan fingerprint density at radius 1 is 0.913 bits per heavy atom. The molecule has 23 heavy (non-hydrogen) atoms. The lowest BCUT2D eigenvalue weighted by molar-refractivity contribution is 0.826. The van der Waals surface area contributed by atoms with E-state index >= 15 is 0 Å². The van der Waals surface area contributed by atoms with Crippen molar-refractivity contribution >= 4 is 40.7 Å². The largest absolute Gasteiger partial charge is 0.289 e. The summed E-state index contributed by atoms with van der Waals surface area (Å²) >= 11 is 13.5. The number of hydrogen-bond acceptors (Lipinski definition) is 4. The minimum Gasteiger partial charge on any atom is -0.289 e. The van der Waals surface area contributed by atoms with E-state index in [9.17, 15) is 0 Å². The standard InChI is InChI=1S/C16H10Cl2N4S/c17-12-6-4-10(5-7-12)14-9-23-16-20-19-15(22(16)21-14)11-2-1-3-13(18)8-11/h1-9,21H. The Labute approximate surface area is 147 Å². The molecule has 3 aromatic rings. The van der Waals surface area contributed by atoms with Gasteiger partial charge in [0.2, 0.25) is 5.16 Å². The Morgan fingerprint density at radius 2 is 1.74 bits per heavy atom. The lowest BCUT2D eigenvalue weighted by atomic mass is 10.2. The number of fused-ring (bicyclic) bond motifs is 1. The molecule has 2 heterocycles. The highest BCUT2D eigenvalue weighted by molar-refractivity contribution is 8.02. The fourth-order valence-corrected chi connectivity index (χ4v) is 3.34. The van der Waals surface area contributed by atoms with E-state index in [0.717, 1.165) is 27.8 Å². The molecule has 0 bridgehead atoms. The molecule has 1 N–H and O–H groups in total. The summed E-state index contributed by atoms with van der Waals surface area (Å²) in [5, 5.41) is 12.6. The molecule has 2 aromatic carbocycles. The first-order valence-electron chi connectivity index (χ1n) is 6.82. The van der Waals surface area contributed by atoms with Crippen LogP contribution in [0.4, 0.5) is 0 Å². The third kappa shape index (κ3) is 2.83. The van der Waals surface area contributed by atoms with Crippen molar-refractivity contribution < 1.29 is 0 Å². The number of rotatable bonds is 2. The van der Waals surface area contributed by atoms with E-state index in [-0.39, 0.29) is 0 Å². The quantitative estimate of drug-likeness (QED) is 0.705. The number of benzene rings is 2. The lowest BCUT2D eigenvalue weighted by Gasteiger charge is -2.19. The summed E-state index contributed by atoms with van der Waals surface area (Å²) < 4.78 is 1.86. The van der Waals surface area contributed by atoms with Gasteiger partial charge in [0.1, 0.15) is 0 Å². The highest BCUT2D eigenvalue weighted by Gasteiger charge is 2.19. The van der Waals surface area contributed by atoms with Crippen molar-refractivity contribution in [2.45, 2.75) is 5.16 Å². The van der Waals surface area contributed by atoms with Crippen LogP contribution in [0, 0.1) is 0 Å². The zero-order valence-corrected chi connectivity index (χ0v) is 14.0. The summed E-state index contributed by atoms with van der Waals surface area (Å²) in [4.78, 5) is 0. The Balaban J connectivity index is 1.71. The van der Waals surface area contributed by atoms with Gasteiger partial charge in [0.05, 0.1) is 5.70 Å². The third-order valence-corrected chi connectivity index (χ3v) is 4.70. The average molecular weight is 361 g/mol. The Bertz CT molecular complexity index is 903. The average Bonchev–Trinajstić information content (AvgIpc) is 2.98. The van der Waals surface area contributed by atoms with Crippen molar-refractivity contribution in [3.8, 4) is 11.4 Å². The molecule has 0 spiro atoms. The van der Waals surface area contributed by atoms with Gasteiger partial charge < -0.3 is 0 Å². The minimum absolute atomic E-state index is 0.664. The molecule has 114 valence electrons. The molecule has 4 nitrogen and oxygen atoms in total. The molecule has 4 rings (SSSR count). The van der Waals surface area contributed by atoms with Crippen molar-refractivity contribution in [3.63, 3.8) is 0 Å². The van der Waals surface area contributed by atoms with E-state index in [0.29, 0.717) is 10.0 Å². The van der Waals surface area contributed by atoms with Crippen LogP contribution in [0.2, 0.25) is 10.0 Å². The van der Waals surface area contributed by atoms with Crippen LogP contribution in [0.1, 0.15) is 5.56 Å². The van der Waals surface area contributed by atoms with Crippen LogP contribution in [0.25, 0.3) is 17.1 Å². The molecule has 0 saturated carbocycles. The van der Waals surface area contributed by atoms with Crippen molar-refractivity contribution in [3.05, 3.63) is 69.5 Å². The van der Waals surface area contributed by atoms with Gasteiger partial charge in [0, 0.05) is 26.6 Å². The van der Waals surface area contributed by atoms with Crippen molar-refractivity contribution in [2.24, 2.45) is 0 Å². The maximum Gasteiger partial charge on any atom is 0.214 e. The van der Waals surface area contributed by atoms with E-state index in [1.165, 1.54) is 11.8 Å². The van der Waals surface area contributed by atoms with Crippen LogP contribution < -0.4 is 5.43 Å². The fourth-order valence-electron chi connectivity index (χ4n) is 2.28. The monoisotopic (exact) mass is 360 g/mol. The molecule has 0 aliphatic carbocycles. The molecule has 0 unspecified atom stereocenters. The number of nitrogens with one attached hydrogen (secondary N) is 1. The predicted octanol–water partition coefficient (Wildman–Crippen LogP) is 4.90. The van der Waals surface area contributed by atoms with Crippen LogP contribution in [-0.4, -0.2) is 14.9 Å². The number of aromatic nitrogens is 3. The fraction of sp³-hybridized carbons (Fsp3) is 0. The Kier molecular flexibility index (Phi) is 3.77. The lowest BCUT2D eigenvalue weighted by Crippen LogP contribution is -2.18. The molecule has 0 atom stereocenters. The van der Waals surface area contributed by atoms with Gasteiger partial charge in [0.25, 0.3) is 0 Å². The Hall–Kier alpha value is -1.95. The van der Waals surface area contributed by atoms with Gasteiger partial charge in [-0.05, 0) is 24.3 Å². The highest BCUT2D eigenvalue weighted by Crippen LogP contribution is 2.32. The molecule has 0 saturated heterocycles. The summed E-state index contributed by atoms with van der Waals surface area (Å²) in [6, 6.07) is 15.2. The van der Waals surface area contributed by atoms with Crippen LogP contribution in [0.15, 0.2) is 59.1 Å². The van der Waals surface area contributed by atoms with E-state index in [1.54, 1.807) is 0 Å². The topological polar surface area (TPSA) is 42.7 Å². The van der Waals surface area contributed by atoms with Crippen LogP contribution >= 0.6 is 35.0 Å². The van der Waals surface area contributed by atoms with Gasteiger partial charge in [-0.1, -0.05) is 59.2 Å². The third-order valence-electron chi connectivity index (χ3n) is 3.39. The molecular formula is C16H10Cl2N4S. The maximum atomic E-state index is 6.08. The number of hydrogen-bond donors (Lipinski definition) is 1. The van der Waals surface area contributed by atoms with Gasteiger partial charge in [-0.25, -0.2) is 4.68 Å². The highest BCUT2D eigenvalue weighted by atomic mass is 35.5. The summed E-state index contributed by atoms with van der Waals surface area (Å²) in [6.07, 6.45) is 0. The van der Waals surface area contributed by atoms with E-state index in [4.69, 9.17) is 23.2 Å². The second-order valence-electron chi connectivity index (χ2n) is 4.92. The van der Waals surface area contributed by atoms with Gasteiger partial charge in [0.15, 0.2) is 5.82 Å². The van der Waals surface area contributed by atoms with Crippen LogP contribution in [-0.2, 0) is 0 Å². The molecule has 0 fully saturated rings. The molecule has 1 aliphatic heterocycles. The van der Waals surface area contributed by atoms with Crippen molar-refractivity contribution in [2.75, 3.05) is 5.43 Å². The first kappa shape index (κ1) is 14.6. The summed E-state index contributed by atoms with van der Waals surface area (Å²) in [6.45, 7) is 0. The molecular weight excluding hydrogens is 351 g/mol. The van der Waals surface area contributed by atoms with Gasteiger partial charge in [-0.3, -0.25) is 5.43 Å². The summed E-state index contributed by atoms with van der Waals surface area (Å²) in [7, 11) is 0. The number of halogens is 2. The van der Waals surface area contributed by atoms with Gasteiger partial charge in [-0.2, -0.15) is 0 Å². The minimum atomic E-state index is 0.664. The summed E-state index contributed by atoms with van der Waals surface area (Å²) in [5.74, 6) is 0.717. The predicted molar refractivity (Wildman–Crippen MR) is 95.1 cm³/mol. The molecule has 1 aliphatic rings. The number of nitrogens with zero attached hydrogens (tertiary/aromatic N) is 3. The van der Waals surface area contributed by atoms with E-state index < -0.39 is 0 Å². The molecule has 1 aromatic heterocycles. The first-order chi connectivity index (χ1) is 11.2. The van der Waals surface area contributed by atoms with E-state index in [1.807, 2.05) is 58.6 Å². The normalized spacial score (nSPS) is 13.2. The first-order valence-corrected chi connectivity index (χ1v) is 8.45. The van der Waals surface area contributed by atoms with Crippen molar-refractivity contribution in [1.82, 2.24) is 14.9 Å². The van der Waals surface area contributed by atoms with Gasteiger partial charge >= 0.3 is 0 Å². The molecule has 7 heteroatoms. The van der Waals surface area contributed by atoms with Crippen LogP contribution in [0.5, 0.6) is 0 Å². The summed E-state index contributed by atoms with van der Waals surface area (Å²) in [5.41, 5.74) is 6.25. The SMILES string of the molecule is Clc1ccc(C2=CSc3nnc(-c4cccc(Cl)c4)n3N2)cc1. The zero-order valence-electron chi connectivity index (χ0n) is 11.7. The second kappa shape index (κ2) is 5.92. The maximum absolute atomic E-state index is 6.08. The van der Waals surface area contributed by atoms with Crippen molar-refractivity contribution in [1.29, 1.82) is 0 Å². The smallest absolute Gasteiger partial charge is 0.214 e.